The van der Waals surface area contributed by atoms with Crippen molar-refractivity contribution in [2.75, 3.05) is 40.9 Å². The van der Waals surface area contributed by atoms with Crippen LogP contribution in [-0.4, -0.2) is 73.5 Å². The number of rotatable bonds is 9. The maximum absolute atomic E-state index is 13.1. The quantitative estimate of drug-likeness (QED) is 0.241. The lowest BCUT2D eigenvalue weighted by molar-refractivity contribution is -0.139. The van der Waals surface area contributed by atoms with Gasteiger partial charge in [-0.3, -0.25) is 9.59 Å². The Morgan fingerprint density at radius 1 is 1.11 bits per heavy atom. The van der Waals surface area contributed by atoms with Gasteiger partial charge in [0.05, 0.1) is 35.9 Å². The van der Waals surface area contributed by atoms with Crippen LogP contribution >= 0.6 is 11.6 Å². The summed E-state index contributed by atoms with van der Waals surface area (Å²) in [7, 11) is 5.14. The Kier molecular flexibility index (Phi) is 8.53. The van der Waals surface area contributed by atoms with E-state index in [1.165, 1.54) is 18.1 Å². The van der Waals surface area contributed by atoms with Crippen LogP contribution in [0.15, 0.2) is 48.0 Å². The molecule has 0 saturated carbocycles. The number of halogens is 1. The summed E-state index contributed by atoms with van der Waals surface area (Å²) in [4.78, 5) is 41.5. The summed E-state index contributed by atoms with van der Waals surface area (Å²) >= 11 is 6.30. The van der Waals surface area contributed by atoms with Gasteiger partial charge in [0.2, 0.25) is 0 Å². The number of carbonyl (C=O) groups is 3. The van der Waals surface area contributed by atoms with E-state index in [9.17, 15) is 19.5 Å². The summed E-state index contributed by atoms with van der Waals surface area (Å²) in [5, 5.41) is 11.5. The summed E-state index contributed by atoms with van der Waals surface area (Å²) < 4.78 is 10.2. The van der Waals surface area contributed by atoms with Crippen LogP contribution < -0.4 is 4.74 Å². The zero-order valence-corrected chi connectivity index (χ0v) is 21.0. The van der Waals surface area contributed by atoms with Gasteiger partial charge < -0.3 is 24.4 Å². The summed E-state index contributed by atoms with van der Waals surface area (Å²) in [5.41, 5.74) is 1.17. The second kappa shape index (κ2) is 11.4. The van der Waals surface area contributed by atoms with Crippen LogP contribution in [0.3, 0.4) is 0 Å². The minimum absolute atomic E-state index is 0.0362. The Balaban J connectivity index is 2.09. The van der Waals surface area contributed by atoms with E-state index >= 15 is 0 Å². The molecule has 1 saturated heterocycles. The van der Waals surface area contributed by atoms with Gasteiger partial charge in [-0.2, -0.15) is 0 Å². The van der Waals surface area contributed by atoms with Gasteiger partial charge in [-0.25, -0.2) is 4.79 Å². The number of likely N-dealkylation sites (tertiary alicyclic amines) is 1. The standard InChI is InChI=1S/C26H29ClN2O6/c1-5-35-20-12-11-18(15-19(20)27)23(30)21-22(16-7-9-17(10-8-16)26(33)34-4)29(25(32)24(21)31)14-6-13-28(2)3/h7-12,15,22,30H,5-6,13-14H2,1-4H3/b23-21+/t22-/m1/s1. The minimum atomic E-state index is -0.825. The van der Waals surface area contributed by atoms with E-state index in [2.05, 4.69) is 0 Å². The third-order valence-electron chi connectivity index (χ3n) is 5.70. The zero-order valence-electron chi connectivity index (χ0n) is 20.2. The maximum Gasteiger partial charge on any atom is 0.337 e. The predicted octanol–water partition coefficient (Wildman–Crippen LogP) is 3.90. The van der Waals surface area contributed by atoms with Crippen LogP contribution in [0.5, 0.6) is 5.75 Å². The summed E-state index contributed by atoms with van der Waals surface area (Å²) in [6, 6.07) is 10.3. The Bertz CT molecular complexity index is 1140. The minimum Gasteiger partial charge on any atom is -0.507 e. The normalized spacial score (nSPS) is 17.2. The molecule has 35 heavy (non-hydrogen) atoms. The monoisotopic (exact) mass is 500 g/mol. The molecular weight excluding hydrogens is 472 g/mol. The van der Waals surface area contributed by atoms with E-state index < -0.39 is 23.7 Å². The number of hydrogen-bond acceptors (Lipinski definition) is 7. The van der Waals surface area contributed by atoms with Crippen LogP contribution in [0.25, 0.3) is 5.76 Å². The van der Waals surface area contributed by atoms with Crippen molar-refractivity contribution in [2.24, 2.45) is 0 Å². The number of benzene rings is 2. The van der Waals surface area contributed by atoms with Crippen LogP contribution in [-0.2, 0) is 14.3 Å². The first-order valence-corrected chi connectivity index (χ1v) is 11.6. The molecule has 186 valence electrons. The zero-order chi connectivity index (χ0) is 25.7. The van der Waals surface area contributed by atoms with Crippen molar-refractivity contribution in [2.45, 2.75) is 19.4 Å². The van der Waals surface area contributed by atoms with Crippen LogP contribution in [0.2, 0.25) is 5.02 Å². The number of aliphatic hydroxyl groups excluding tert-OH is 1. The molecule has 1 fully saturated rings. The van der Waals surface area contributed by atoms with Crippen molar-refractivity contribution in [1.82, 2.24) is 9.80 Å². The number of ether oxygens (including phenoxy) is 2. The topological polar surface area (TPSA) is 96.4 Å². The highest BCUT2D eigenvalue weighted by Crippen LogP contribution is 2.40. The number of amides is 1. The fourth-order valence-electron chi connectivity index (χ4n) is 4.01. The Labute approximate surface area is 209 Å². The second-order valence-corrected chi connectivity index (χ2v) is 8.75. The second-order valence-electron chi connectivity index (χ2n) is 8.34. The molecule has 1 N–H and O–H groups in total. The van der Waals surface area contributed by atoms with Gasteiger partial charge in [-0.05, 0) is 69.9 Å². The van der Waals surface area contributed by atoms with Gasteiger partial charge in [0.25, 0.3) is 11.7 Å². The number of nitrogens with zero attached hydrogens (tertiary/aromatic N) is 2. The smallest absolute Gasteiger partial charge is 0.337 e. The predicted molar refractivity (Wildman–Crippen MR) is 133 cm³/mol. The van der Waals surface area contributed by atoms with Crippen LogP contribution in [0.1, 0.15) is 40.9 Å². The lowest BCUT2D eigenvalue weighted by atomic mass is 9.94. The van der Waals surface area contributed by atoms with Crippen molar-refractivity contribution < 1.29 is 29.0 Å². The van der Waals surface area contributed by atoms with Crippen LogP contribution in [0.4, 0.5) is 0 Å². The number of Topliss-reactive ketones (excluding diaryl/α,β-unsaturated/α-hetero) is 1. The van der Waals surface area contributed by atoms with Crippen molar-refractivity contribution >= 4 is 35.0 Å². The molecule has 9 heteroatoms. The Morgan fingerprint density at radius 2 is 1.77 bits per heavy atom. The highest BCUT2D eigenvalue weighted by molar-refractivity contribution is 6.46. The molecule has 3 rings (SSSR count). The van der Waals surface area contributed by atoms with Crippen molar-refractivity contribution in [3.05, 3.63) is 69.8 Å². The van der Waals surface area contributed by atoms with E-state index in [1.807, 2.05) is 25.9 Å². The number of aliphatic hydroxyl groups is 1. The molecule has 0 unspecified atom stereocenters. The fourth-order valence-corrected chi connectivity index (χ4v) is 4.25. The molecule has 0 bridgehead atoms. The molecule has 2 aromatic rings. The maximum atomic E-state index is 13.1. The molecule has 1 atom stereocenters. The van der Waals surface area contributed by atoms with Crippen molar-refractivity contribution in [1.29, 1.82) is 0 Å². The SMILES string of the molecule is CCOc1ccc(/C(O)=C2\C(=O)C(=O)N(CCCN(C)C)[C@@H]2c2ccc(C(=O)OC)cc2)cc1Cl. The molecule has 8 nitrogen and oxygen atoms in total. The summed E-state index contributed by atoms with van der Waals surface area (Å²) in [6.07, 6.45) is 0.631. The fraction of sp³-hybridized carbons (Fsp3) is 0.346. The first-order valence-electron chi connectivity index (χ1n) is 11.2. The molecule has 1 aliphatic heterocycles. The summed E-state index contributed by atoms with van der Waals surface area (Å²) in [6.45, 7) is 3.27. The van der Waals surface area contributed by atoms with E-state index in [1.54, 1.807) is 36.4 Å². The van der Waals surface area contributed by atoms with Crippen molar-refractivity contribution in [3.63, 3.8) is 0 Å². The molecule has 1 aliphatic rings. The first-order chi connectivity index (χ1) is 16.7. The van der Waals surface area contributed by atoms with E-state index in [4.69, 9.17) is 21.1 Å². The van der Waals surface area contributed by atoms with E-state index in [-0.39, 0.29) is 16.4 Å². The number of ketones is 1. The van der Waals surface area contributed by atoms with Gasteiger partial charge in [-0.1, -0.05) is 23.7 Å². The number of hydrogen-bond donors (Lipinski definition) is 1. The molecule has 0 aliphatic carbocycles. The molecule has 0 aromatic heterocycles. The number of carbonyl (C=O) groups excluding carboxylic acids is 3. The third kappa shape index (κ3) is 5.66. The average Bonchev–Trinajstić information content (AvgIpc) is 3.09. The van der Waals surface area contributed by atoms with Crippen molar-refractivity contribution in [3.8, 4) is 5.75 Å². The largest absolute Gasteiger partial charge is 0.507 e. The Hall–Kier alpha value is -3.36. The summed E-state index contributed by atoms with van der Waals surface area (Å²) in [5.74, 6) is -1.85. The highest BCUT2D eigenvalue weighted by atomic mass is 35.5. The lowest BCUT2D eigenvalue weighted by Gasteiger charge is -2.26. The van der Waals surface area contributed by atoms with Gasteiger partial charge in [0.1, 0.15) is 11.5 Å². The van der Waals surface area contributed by atoms with E-state index in [0.717, 1.165) is 0 Å². The lowest BCUT2D eigenvalue weighted by Crippen LogP contribution is -2.32. The van der Waals surface area contributed by atoms with Gasteiger partial charge >= 0.3 is 5.97 Å². The van der Waals surface area contributed by atoms with E-state index in [0.29, 0.717) is 48.6 Å². The molecule has 1 amide bonds. The molecular formula is C26H29ClN2O6. The number of esters is 1. The first kappa shape index (κ1) is 26.2. The van der Waals surface area contributed by atoms with Gasteiger partial charge in [-0.15, -0.1) is 0 Å². The molecule has 1 heterocycles. The highest BCUT2D eigenvalue weighted by Gasteiger charge is 2.45. The molecule has 0 spiro atoms. The number of methoxy groups -OCH3 is 1. The van der Waals surface area contributed by atoms with Crippen LogP contribution in [0, 0.1) is 0 Å². The third-order valence-corrected chi connectivity index (χ3v) is 5.99. The molecule has 0 radical (unpaired) electrons. The molecule has 2 aromatic carbocycles. The average molecular weight is 501 g/mol. The Morgan fingerprint density at radius 3 is 2.34 bits per heavy atom. The van der Waals surface area contributed by atoms with Gasteiger partial charge in [0.15, 0.2) is 0 Å². The van der Waals surface area contributed by atoms with Gasteiger partial charge in [0, 0.05) is 12.1 Å².